The van der Waals surface area contributed by atoms with Gasteiger partial charge in [0.15, 0.2) is 0 Å². The molecule has 1 aliphatic rings. The first kappa shape index (κ1) is 27.8. The van der Waals surface area contributed by atoms with E-state index >= 15 is 0 Å². The molecular weight excluding hydrogens is 567 g/mol. The second-order valence-electron chi connectivity index (χ2n) is 9.37. The summed E-state index contributed by atoms with van der Waals surface area (Å²) in [4.78, 5) is 29.7. The van der Waals surface area contributed by atoms with Gasteiger partial charge in [0.2, 0.25) is 0 Å². The molecule has 4 aromatic carbocycles. The van der Waals surface area contributed by atoms with Crippen molar-refractivity contribution in [3.8, 4) is 5.75 Å². The molecule has 1 heterocycles. The molecule has 0 saturated carbocycles. The number of allylic oxidation sites excluding steroid dienone is 1. The van der Waals surface area contributed by atoms with E-state index in [9.17, 15) is 9.59 Å². The first-order chi connectivity index (χ1) is 19.4. The van der Waals surface area contributed by atoms with Gasteiger partial charge in [-0.25, -0.2) is 4.79 Å². The van der Waals surface area contributed by atoms with Crippen LogP contribution in [0.4, 0.5) is 4.79 Å². The molecular formula is C32H25Cl3N2O3. The summed E-state index contributed by atoms with van der Waals surface area (Å²) in [6.45, 7) is 0.839. The molecule has 0 atom stereocenters. The predicted molar refractivity (Wildman–Crippen MR) is 158 cm³/mol. The maximum absolute atomic E-state index is 13.5. The average molecular weight is 592 g/mol. The highest BCUT2D eigenvalue weighted by Crippen LogP contribution is 2.27. The standard InChI is InChI=1S/C32H25Cl3N2O3/c33-26-10-1-23(2-11-26)19-36-30(31(38)37(32(36)39)20-24-3-12-27(34)13-4-24)18-9-22-7-16-29(17-8-22)40-21-25-5-14-28(35)15-6-25/h1-8,10-18H,9,19-21H2/b30-18-. The Morgan fingerprint density at radius 2 is 1.02 bits per heavy atom. The number of imide groups is 1. The minimum atomic E-state index is -0.368. The summed E-state index contributed by atoms with van der Waals surface area (Å²) in [6.07, 6.45) is 2.28. The van der Waals surface area contributed by atoms with Gasteiger partial charge in [-0.15, -0.1) is 0 Å². The lowest BCUT2D eigenvalue weighted by Crippen LogP contribution is -2.32. The average Bonchev–Trinajstić information content (AvgIpc) is 3.18. The number of hydrogen-bond donors (Lipinski definition) is 0. The van der Waals surface area contributed by atoms with E-state index in [2.05, 4.69) is 0 Å². The van der Waals surface area contributed by atoms with Gasteiger partial charge in [-0.1, -0.05) is 89.4 Å². The molecule has 202 valence electrons. The van der Waals surface area contributed by atoms with Gasteiger partial charge in [0.1, 0.15) is 18.1 Å². The van der Waals surface area contributed by atoms with Crippen LogP contribution >= 0.6 is 34.8 Å². The summed E-state index contributed by atoms with van der Waals surface area (Å²) in [5, 5.41) is 1.88. The third-order valence-electron chi connectivity index (χ3n) is 6.50. The van der Waals surface area contributed by atoms with Crippen molar-refractivity contribution in [3.05, 3.63) is 146 Å². The number of carbonyl (C=O) groups excluding carboxylic acids is 2. The quantitative estimate of drug-likeness (QED) is 0.145. The zero-order valence-corrected chi connectivity index (χ0v) is 23.7. The summed E-state index contributed by atoms with van der Waals surface area (Å²) >= 11 is 18.0. The topological polar surface area (TPSA) is 49.9 Å². The largest absolute Gasteiger partial charge is 0.489 e. The van der Waals surface area contributed by atoms with Gasteiger partial charge < -0.3 is 4.74 Å². The number of amides is 3. The van der Waals surface area contributed by atoms with Gasteiger partial charge in [0, 0.05) is 15.1 Å². The summed E-state index contributed by atoms with van der Waals surface area (Å²) in [6, 6.07) is 29.2. The lowest BCUT2D eigenvalue weighted by Gasteiger charge is -2.17. The minimum Gasteiger partial charge on any atom is -0.489 e. The third-order valence-corrected chi connectivity index (χ3v) is 7.25. The molecule has 0 aromatic heterocycles. The van der Waals surface area contributed by atoms with E-state index in [1.165, 1.54) is 9.80 Å². The van der Waals surface area contributed by atoms with Crippen LogP contribution in [0.15, 0.2) is 109 Å². The highest BCUT2D eigenvalue weighted by atomic mass is 35.5. The second kappa shape index (κ2) is 12.6. The van der Waals surface area contributed by atoms with Gasteiger partial charge in [0.05, 0.1) is 13.1 Å². The van der Waals surface area contributed by atoms with Crippen molar-refractivity contribution in [3.63, 3.8) is 0 Å². The smallest absolute Gasteiger partial charge is 0.332 e. The lowest BCUT2D eigenvalue weighted by molar-refractivity contribution is -0.123. The van der Waals surface area contributed by atoms with Crippen molar-refractivity contribution in [1.29, 1.82) is 0 Å². The molecule has 1 saturated heterocycles. The first-order valence-electron chi connectivity index (χ1n) is 12.6. The van der Waals surface area contributed by atoms with Crippen molar-refractivity contribution in [1.82, 2.24) is 9.80 Å². The van der Waals surface area contributed by atoms with Crippen LogP contribution in [-0.4, -0.2) is 21.7 Å². The van der Waals surface area contributed by atoms with E-state index < -0.39 is 0 Å². The molecule has 0 unspecified atom stereocenters. The van der Waals surface area contributed by atoms with Crippen LogP contribution in [0.25, 0.3) is 0 Å². The van der Waals surface area contributed by atoms with E-state index in [1.807, 2.05) is 78.9 Å². The molecule has 1 fully saturated rings. The summed E-state index contributed by atoms with van der Waals surface area (Å²) in [7, 11) is 0. The van der Waals surface area contributed by atoms with Crippen LogP contribution in [0.3, 0.4) is 0 Å². The SMILES string of the molecule is O=C1/C(=C/Cc2ccc(OCc3ccc(Cl)cc3)cc2)N(Cc2ccc(Cl)cc2)C(=O)N1Cc1ccc(Cl)cc1. The Labute approximate surface area is 248 Å². The fourth-order valence-corrected chi connectivity index (χ4v) is 4.69. The van der Waals surface area contributed by atoms with Crippen molar-refractivity contribution >= 4 is 46.7 Å². The maximum Gasteiger partial charge on any atom is 0.332 e. The minimum absolute atomic E-state index is 0.156. The van der Waals surface area contributed by atoms with E-state index in [-0.39, 0.29) is 25.0 Å². The Hall–Kier alpha value is -3.77. The van der Waals surface area contributed by atoms with Crippen LogP contribution in [0.5, 0.6) is 5.75 Å². The summed E-state index contributed by atoms with van der Waals surface area (Å²) in [5.74, 6) is 0.397. The van der Waals surface area contributed by atoms with Gasteiger partial charge in [-0.05, 0) is 77.2 Å². The zero-order chi connectivity index (χ0) is 28.1. The number of benzene rings is 4. The number of nitrogens with zero attached hydrogens (tertiary/aromatic N) is 2. The fourth-order valence-electron chi connectivity index (χ4n) is 4.31. The first-order valence-corrected chi connectivity index (χ1v) is 13.8. The normalized spacial score (nSPS) is 14.3. The van der Waals surface area contributed by atoms with Crippen LogP contribution in [0, 0.1) is 0 Å². The van der Waals surface area contributed by atoms with Crippen LogP contribution in [0.1, 0.15) is 22.3 Å². The highest BCUT2D eigenvalue weighted by Gasteiger charge is 2.40. The Balaban J connectivity index is 1.31. The Bertz CT molecular complexity index is 1520. The predicted octanol–water partition coefficient (Wildman–Crippen LogP) is 8.32. The number of carbonyl (C=O) groups is 2. The van der Waals surface area contributed by atoms with E-state index in [0.29, 0.717) is 33.8 Å². The zero-order valence-electron chi connectivity index (χ0n) is 21.4. The van der Waals surface area contributed by atoms with E-state index in [1.54, 1.807) is 24.3 Å². The number of halogens is 3. The molecule has 3 amide bonds. The van der Waals surface area contributed by atoms with Crippen LogP contribution in [-0.2, 0) is 30.9 Å². The maximum atomic E-state index is 13.5. The highest BCUT2D eigenvalue weighted by molar-refractivity contribution is 6.31. The van der Waals surface area contributed by atoms with Crippen molar-refractivity contribution in [2.24, 2.45) is 0 Å². The summed E-state index contributed by atoms with van der Waals surface area (Å²) in [5.41, 5.74) is 4.03. The molecule has 5 rings (SSSR count). The number of rotatable bonds is 9. The molecule has 4 aromatic rings. The fraction of sp³-hybridized carbons (Fsp3) is 0.125. The molecule has 40 heavy (non-hydrogen) atoms. The van der Waals surface area contributed by atoms with E-state index in [4.69, 9.17) is 39.5 Å². The molecule has 0 N–H and O–H groups in total. The molecule has 0 radical (unpaired) electrons. The monoisotopic (exact) mass is 590 g/mol. The van der Waals surface area contributed by atoms with Gasteiger partial charge in [0.25, 0.3) is 5.91 Å². The molecule has 0 spiro atoms. The molecule has 8 heteroatoms. The van der Waals surface area contributed by atoms with Crippen LogP contribution in [0.2, 0.25) is 15.1 Å². The lowest BCUT2D eigenvalue weighted by atomic mass is 10.1. The third kappa shape index (κ3) is 6.86. The Morgan fingerprint density at radius 1 is 0.575 bits per heavy atom. The number of urea groups is 1. The van der Waals surface area contributed by atoms with Gasteiger partial charge in [-0.3, -0.25) is 14.6 Å². The Kier molecular flexibility index (Phi) is 8.75. The van der Waals surface area contributed by atoms with Gasteiger partial charge >= 0.3 is 6.03 Å². The number of hydrogen-bond acceptors (Lipinski definition) is 3. The molecule has 5 nitrogen and oxygen atoms in total. The second-order valence-corrected chi connectivity index (χ2v) is 10.7. The van der Waals surface area contributed by atoms with Crippen molar-refractivity contribution in [2.75, 3.05) is 0 Å². The van der Waals surface area contributed by atoms with Crippen molar-refractivity contribution in [2.45, 2.75) is 26.1 Å². The number of ether oxygens (including phenoxy) is 1. The molecule has 1 aliphatic heterocycles. The van der Waals surface area contributed by atoms with Crippen LogP contribution < -0.4 is 4.74 Å². The Morgan fingerprint density at radius 3 is 1.55 bits per heavy atom. The van der Waals surface area contributed by atoms with Gasteiger partial charge in [-0.2, -0.15) is 0 Å². The van der Waals surface area contributed by atoms with Crippen molar-refractivity contribution < 1.29 is 14.3 Å². The molecule has 0 bridgehead atoms. The summed E-state index contributed by atoms with van der Waals surface area (Å²) < 4.78 is 5.88. The van der Waals surface area contributed by atoms with E-state index in [0.717, 1.165) is 28.0 Å². The molecule has 0 aliphatic carbocycles.